The highest BCUT2D eigenvalue weighted by Crippen LogP contribution is 2.35. The molecule has 10 nitrogen and oxygen atoms in total. The number of halogens is 4. The zero-order chi connectivity index (χ0) is 32.4. The lowest BCUT2D eigenvalue weighted by Crippen LogP contribution is -2.55. The molecule has 2 saturated heterocycles. The molecular weight excluding hydrogens is 582 g/mol. The van der Waals surface area contributed by atoms with Crippen molar-refractivity contribution < 1.29 is 31.8 Å². The lowest BCUT2D eigenvalue weighted by molar-refractivity contribution is -0.274. The van der Waals surface area contributed by atoms with E-state index < -0.39 is 24.0 Å². The number of hydrogen-bond donors (Lipinski definition) is 0. The zero-order valence-corrected chi connectivity index (χ0v) is 25.5. The SMILES string of the molecule is C=CC(=O)N1CCN(c2nc(OC)nc(CN(C)c3cc(F)ccc3OC(F)(F)F)c2CC)CC1CC#N.CN1CCCC1. The lowest BCUT2D eigenvalue weighted by Gasteiger charge is -2.41. The Bertz CT molecular complexity index is 1330. The number of carbonyl (C=O) groups excluding carboxylic acids is 1. The molecular formula is C30H39F4N7O3. The number of hydrogen-bond acceptors (Lipinski definition) is 9. The van der Waals surface area contributed by atoms with Crippen molar-refractivity contribution >= 4 is 17.4 Å². The van der Waals surface area contributed by atoms with E-state index in [0.717, 1.165) is 18.2 Å². The van der Waals surface area contributed by atoms with Gasteiger partial charge in [0, 0.05) is 38.3 Å². The Kier molecular flexibility index (Phi) is 12.2. The van der Waals surface area contributed by atoms with Gasteiger partial charge >= 0.3 is 12.4 Å². The van der Waals surface area contributed by atoms with Crippen LogP contribution >= 0.6 is 0 Å². The van der Waals surface area contributed by atoms with E-state index in [1.165, 1.54) is 51.1 Å². The van der Waals surface area contributed by atoms with E-state index >= 15 is 0 Å². The number of nitriles is 1. The molecule has 0 bridgehead atoms. The number of methoxy groups -OCH3 is 1. The van der Waals surface area contributed by atoms with Crippen molar-refractivity contribution in [1.29, 1.82) is 5.26 Å². The van der Waals surface area contributed by atoms with Crippen molar-refractivity contribution in [3.05, 3.63) is 47.9 Å². The smallest absolute Gasteiger partial charge is 0.467 e. The van der Waals surface area contributed by atoms with Gasteiger partial charge in [0.2, 0.25) is 5.91 Å². The first kappa shape index (κ1) is 34.4. The second-order valence-electron chi connectivity index (χ2n) is 10.5. The fourth-order valence-corrected chi connectivity index (χ4v) is 5.26. The van der Waals surface area contributed by atoms with Gasteiger partial charge in [-0.15, -0.1) is 13.2 Å². The van der Waals surface area contributed by atoms with Crippen LogP contribution in [0, 0.1) is 17.1 Å². The molecule has 1 amide bonds. The fraction of sp³-hybridized carbons (Fsp3) is 0.533. The topological polar surface area (TPSA) is 98.1 Å². The molecule has 1 aromatic carbocycles. The molecule has 0 saturated carbocycles. The molecule has 0 aliphatic carbocycles. The number of carbonyl (C=O) groups is 1. The van der Waals surface area contributed by atoms with E-state index in [1.54, 1.807) is 4.90 Å². The van der Waals surface area contributed by atoms with Gasteiger partial charge in [0.05, 0.1) is 43.6 Å². The number of benzene rings is 1. The number of likely N-dealkylation sites (tertiary alicyclic amines) is 1. The molecule has 0 N–H and O–H groups in total. The Hall–Kier alpha value is -4.12. The third-order valence-electron chi connectivity index (χ3n) is 7.43. The Morgan fingerprint density at radius 1 is 1.23 bits per heavy atom. The van der Waals surface area contributed by atoms with Crippen LogP contribution in [0.3, 0.4) is 0 Å². The Morgan fingerprint density at radius 2 is 1.93 bits per heavy atom. The van der Waals surface area contributed by atoms with Crippen LogP contribution in [0.2, 0.25) is 0 Å². The summed E-state index contributed by atoms with van der Waals surface area (Å²) >= 11 is 0. The molecule has 4 rings (SSSR count). The minimum Gasteiger partial charge on any atom is -0.467 e. The van der Waals surface area contributed by atoms with Gasteiger partial charge in [-0.2, -0.15) is 15.2 Å². The van der Waals surface area contributed by atoms with E-state index in [1.807, 2.05) is 11.8 Å². The van der Waals surface area contributed by atoms with E-state index in [0.29, 0.717) is 43.1 Å². The number of alkyl halides is 3. The summed E-state index contributed by atoms with van der Waals surface area (Å²) < 4.78 is 62.2. The van der Waals surface area contributed by atoms with Crippen molar-refractivity contribution in [1.82, 2.24) is 19.8 Å². The summed E-state index contributed by atoms with van der Waals surface area (Å²) in [6.07, 6.45) is -0.346. The fourth-order valence-electron chi connectivity index (χ4n) is 5.26. The van der Waals surface area contributed by atoms with Gasteiger partial charge in [-0.3, -0.25) is 4.79 Å². The quantitative estimate of drug-likeness (QED) is 0.295. The summed E-state index contributed by atoms with van der Waals surface area (Å²) in [5, 5.41) is 9.30. The molecule has 14 heteroatoms. The monoisotopic (exact) mass is 621 g/mol. The third kappa shape index (κ3) is 9.19. The molecule has 2 aromatic rings. The van der Waals surface area contributed by atoms with Crippen LogP contribution in [-0.4, -0.2) is 92.0 Å². The van der Waals surface area contributed by atoms with E-state index in [2.05, 4.69) is 39.3 Å². The van der Waals surface area contributed by atoms with Crippen molar-refractivity contribution in [2.75, 3.05) is 63.7 Å². The molecule has 2 fully saturated rings. The standard InChI is InChI=1S/C25H28F4N6O3.C5H11N/c1-5-18-19(15-33(3)20-13-16(26)7-8-21(20)38-25(27,28)29)31-24(37-4)32-23(18)34-11-12-35(22(36)6-2)17(14-34)9-10-30;1-6-4-2-3-5-6/h6-8,13,17H,2,5,9,11-12,14-15H2,1,3-4H3;2-5H2,1H3. The van der Waals surface area contributed by atoms with Crippen molar-refractivity contribution in [3.63, 3.8) is 0 Å². The Morgan fingerprint density at radius 3 is 2.48 bits per heavy atom. The largest absolute Gasteiger partial charge is 0.573 e. The summed E-state index contributed by atoms with van der Waals surface area (Å²) in [5.41, 5.74) is 1.04. The molecule has 1 atom stereocenters. The van der Waals surface area contributed by atoms with Gasteiger partial charge in [0.25, 0.3) is 0 Å². The normalized spacial score (nSPS) is 16.9. The van der Waals surface area contributed by atoms with Crippen LogP contribution in [-0.2, 0) is 17.8 Å². The van der Waals surface area contributed by atoms with Crippen LogP contribution < -0.4 is 19.3 Å². The van der Waals surface area contributed by atoms with Crippen LogP contribution in [0.4, 0.5) is 29.1 Å². The molecule has 2 aliphatic rings. The Labute approximate surface area is 255 Å². The summed E-state index contributed by atoms with van der Waals surface area (Å²) in [5.74, 6) is -1.02. The van der Waals surface area contributed by atoms with Crippen LogP contribution in [0.15, 0.2) is 30.9 Å². The minimum atomic E-state index is -4.96. The predicted octanol–water partition coefficient (Wildman–Crippen LogP) is 4.55. The second-order valence-corrected chi connectivity index (χ2v) is 10.5. The first-order valence-corrected chi connectivity index (χ1v) is 14.3. The average Bonchev–Trinajstić information content (AvgIpc) is 3.47. The van der Waals surface area contributed by atoms with Crippen molar-refractivity contribution in [2.45, 2.75) is 51.6 Å². The van der Waals surface area contributed by atoms with Crippen LogP contribution in [0.1, 0.15) is 37.4 Å². The summed E-state index contributed by atoms with van der Waals surface area (Å²) in [4.78, 5) is 28.5. The van der Waals surface area contributed by atoms with Gasteiger partial charge in [0.15, 0.2) is 5.75 Å². The first-order chi connectivity index (χ1) is 20.9. The van der Waals surface area contributed by atoms with E-state index in [4.69, 9.17) is 4.74 Å². The van der Waals surface area contributed by atoms with Gasteiger partial charge in [-0.05, 0) is 57.6 Å². The number of nitrogens with zero attached hydrogens (tertiary/aromatic N) is 7. The van der Waals surface area contributed by atoms with Crippen LogP contribution in [0.25, 0.3) is 0 Å². The highest BCUT2D eigenvalue weighted by molar-refractivity contribution is 5.87. The molecule has 240 valence electrons. The van der Waals surface area contributed by atoms with Gasteiger partial charge in [0.1, 0.15) is 11.6 Å². The maximum absolute atomic E-state index is 14.0. The summed E-state index contributed by atoms with van der Waals surface area (Å²) in [7, 11) is 5.06. The van der Waals surface area contributed by atoms with Gasteiger partial charge in [-0.25, -0.2) is 4.39 Å². The van der Waals surface area contributed by atoms with Gasteiger partial charge in [-0.1, -0.05) is 13.5 Å². The molecule has 1 aromatic heterocycles. The number of amides is 1. The van der Waals surface area contributed by atoms with Crippen LogP contribution in [0.5, 0.6) is 11.8 Å². The number of piperazine rings is 1. The summed E-state index contributed by atoms with van der Waals surface area (Å²) in [6.45, 7) is 9.11. The summed E-state index contributed by atoms with van der Waals surface area (Å²) in [6, 6.07) is 4.50. The number of aromatic nitrogens is 2. The molecule has 0 spiro atoms. The Balaban J connectivity index is 0.000000785. The van der Waals surface area contributed by atoms with E-state index in [-0.39, 0.29) is 30.6 Å². The second kappa shape index (κ2) is 15.6. The van der Waals surface area contributed by atoms with Gasteiger partial charge < -0.3 is 29.1 Å². The zero-order valence-electron chi connectivity index (χ0n) is 25.5. The third-order valence-corrected chi connectivity index (χ3v) is 7.43. The predicted molar refractivity (Wildman–Crippen MR) is 158 cm³/mol. The number of rotatable bonds is 9. The van der Waals surface area contributed by atoms with Crippen molar-refractivity contribution in [2.24, 2.45) is 0 Å². The first-order valence-electron chi connectivity index (χ1n) is 14.3. The highest BCUT2D eigenvalue weighted by atomic mass is 19.4. The van der Waals surface area contributed by atoms with Crippen molar-refractivity contribution in [3.8, 4) is 17.8 Å². The average molecular weight is 622 g/mol. The molecule has 44 heavy (non-hydrogen) atoms. The minimum absolute atomic E-state index is 0.0107. The molecule has 1 unspecified atom stereocenters. The highest BCUT2D eigenvalue weighted by Gasteiger charge is 2.34. The maximum atomic E-state index is 14.0. The number of anilines is 2. The maximum Gasteiger partial charge on any atom is 0.573 e. The molecule has 0 radical (unpaired) electrons. The van der Waals surface area contributed by atoms with E-state index in [9.17, 15) is 27.6 Å². The molecule has 2 aliphatic heterocycles. The lowest BCUT2D eigenvalue weighted by atomic mass is 10.1. The number of ether oxygens (including phenoxy) is 2. The molecule has 3 heterocycles.